The van der Waals surface area contributed by atoms with Crippen molar-refractivity contribution in [1.29, 1.82) is 0 Å². The van der Waals surface area contributed by atoms with Gasteiger partial charge in [-0.1, -0.05) is 6.92 Å². The van der Waals surface area contributed by atoms with Crippen LogP contribution in [0.2, 0.25) is 0 Å². The Kier molecular flexibility index (Phi) is 6.27. The van der Waals surface area contributed by atoms with E-state index in [1.807, 2.05) is 34.6 Å². The average Bonchev–Trinajstić information content (AvgIpc) is 2.00. The highest BCUT2D eigenvalue weighted by Gasteiger charge is 2.17. The molecule has 0 aromatic rings. The van der Waals surface area contributed by atoms with Crippen LogP contribution in [0.5, 0.6) is 0 Å². The van der Waals surface area contributed by atoms with Crippen LogP contribution < -0.4 is 16.2 Å². The molecule has 0 rings (SSSR count). The quantitative estimate of drug-likeness (QED) is 0.475. The Morgan fingerprint density at radius 3 is 2.40 bits per heavy atom. The second kappa shape index (κ2) is 6.63. The van der Waals surface area contributed by atoms with E-state index in [1.54, 1.807) is 0 Å². The molecule has 0 aromatic heterocycles. The van der Waals surface area contributed by atoms with Crippen molar-refractivity contribution in [3.63, 3.8) is 0 Å². The zero-order chi connectivity index (χ0) is 11.9. The van der Waals surface area contributed by atoms with Gasteiger partial charge in [0.1, 0.15) is 5.60 Å². The minimum Gasteiger partial charge on any atom is -0.444 e. The van der Waals surface area contributed by atoms with Crippen molar-refractivity contribution in [2.75, 3.05) is 13.1 Å². The summed E-state index contributed by atoms with van der Waals surface area (Å²) in [6.07, 6.45) is -0.381. The first-order valence-corrected chi connectivity index (χ1v) is 5.30. The van der Waals surface area contributed by atoms with Crippen LogP contribution in [0.25, 0.3) is 0 Å². The zero-order valence-corrected chi connectivity index (χ0v) is 10.3. The number of ether oxygens (including phenoxy) is 1. The normalized spacial score (nSPS) is 13.4. The zero-order valence-electron chi connectivity index (χ0n) is 10.3. The average molecular weight is 217 g/mol. The third-order valence-corrected chi connectivity index (χ3v) is 1.47. The number of hydrogen-bond acceptors (Lipinski definition) is 4. The monoisotopic (exact) mass is 217 g/mol. The maximum Gasteiger partial charge on any atom is 0.407 e. The van der Waals surface area contributed by atoms with Crippen LogP contribution in [0, 0.1) is 0 Å². The lowest BCUT2D eigenvalue weighted by molar-refractivity contribution is 0.0507. The van der Waals surface area contributed by atoms with Gasteiger partial charge in [0, 0.05) is 19.1 Å². The molecule has 5 heteroatoms. The van der Waals surface area contributed by atoms with E-state index in [9.17, 15) is 4.79 Å². The van der Waals surface area contributed by atoms with E-state index in [4.69, 9.17) is 4.74 Å². The number of amides is 1. The molecule has 15 heavy (non-hydrogen) atoms. The fraction of sp³-hybridized carbons (Fsp3) is 0.900. The van der Waals surface area contributed by atoms with Gasteiger partial charge < -0.3 is 10.1 Å². The van der Waals surface area contributed by atoms with Gasteiger partial charge in [0.15, 0.2) is 0 Å². The Morgan fingerprint density at radius 2 is 1.93 bits per heavy atom. The van der Waals surface area contributed by atoms with Crippen molar-refractivity contribution >= 4 is 6.09 Å². The van der Waals surface area contributed by atoms with Crippen molar-refractivity contribution in [2.45, 2.75) is 46.3 Å². The van der Waals surface area contributed by atoms with Crippen molar-refractivity contribution in [3.05, 3.63) is 0 Å². The maximum atomic E-state index is 11.3. The SMILES string of the molecule is CCNNCC(C)NC(=O)OC(C)(C)C. The smallest absolute Gasteiger partial charge is 0.407 e. The predicted octanol–water partition coefficient (Wildman–Crippen LogP) is 1.01. The standard InChI is InChI=1S/C10H23N3O2/c1-6-11-12-7-8(2)13-9(14)15-10(3,4)5/h8,11-12H,6-7H2,1-5H3,(H,13,14). The van der Waals surface area contributed by atoms with Crippen molar-refractivity contribution < 1.29 is 9.53 Å². The summed E-state index contributed by atoms with van der Waals surface area (Å²) < 4.78 is 5.12. The minimum atomic E-state index is -0.446. The molecule has 0 aliphatic heterocycles. The molecule has 1 unspecified atom stereocenters. The van der Waals surface area contributed by atoms with Gasteiger partial charge in [0.25, 0.3) is 0 Å². The Balaban J connectivity index is 3.67. The number of rotatable bonds is 5. The summed E-state index contributed by atoms with van der Waals surface area (Å²) in [5.41, 5.74) is 5.50. The summed E-state index contributed by atoms with van der Waals surface area (Å²) in [5, 5.41) is 2.73. The summed E-state index contributed by atoms with van der Waals surface area (Å²) in [7, 11) is 0. The molecule has 1 amide bonds. The number of hydrazine groups is 1. The van der Waals surface area contributed by atoms with Gasteiger partial charge in [0.05, 0.1) is 0 Å². The molecule has 0 spiro atoms. The van der Waals surface area contributed by atoms with Crippen molar-refractivity contribution in [3.8, 4) is 0 Å². The molecule has 0 fully saturated rings. The van der Waals surface area contributed by atoms with Gasteiger partial charge in [-0.05, 0) is 27.7 Å². The van der Waals surface area contributed by atoms with Gasteiger partial charge in [-0.3, -0.25) is 10.9 Å². The van der Waals surface area contributed by atoms with Crippen LogP contribution in [0.4, 0.5) is 4.79 Å². The fourth-order valence-electron chi connectivity index (χ4n) is 0.910. The second-order valence-corrected chi connectivity index (χ2v) is 4.46. The Morgan fingerprint density at radius 1 is 1.33 bits per heavy atom. The van der Waals surface area contributed by atoms with E-state index in [1.165, 1.54) is 0 Å². The van der Waals surface area contributed by atoms with Crippen LogP contribution in [0.1, 0.15) is 34.6 Å². The summed E-state index contributed by atoms with van der Waals surface area (Å²) >= 11 is 0. The summed E-state index contributed by atoms with van der Waals surface area (Å²) in [5.74, 6) is 0. The number of carbonyl (C=O) groups is 1. The number of carbonyl (C=O) groups excluding carboxylic acids is 1. The fourth-order valence-corrected chi connectivity index (χ4v) is 0.910. The van der Waals surface area contributed by atoms with E-state index >= 15 is 0 Å². The third-order valence-electron chi connectivity index (χ3n) is 1.47. The number of alkyl carbamates (subject to hydrolysis) is 1. The Bertz CT molecular complexity index is 190. The predicted molar refractivity (Wildman–Crippen MR) is 60.5 cm³/mol. The van der Waals surface area contributed by atoms with Crippen LogP contribution in [0.15, 0.2) is 0 Å². The first-order valence-electron chi connectivity index (χ1n) is 5.30. The third kappa shape index (κ3) is 9.49. The molecular weight excluding hydrogens is 194 g/mol. The van der Waals surface area contributed by atoms with E-state index in [0.29, 0.717) is 6.54 Å². The van der Waals surface area contributed by atoms with Gasteiger partial charge in [-0.25, -0.2) is 4.79 Å². The molecule has 0 bridgehead atoms. The van der Waals surface area contributed by atoms with Crippen molar-refractivity contribution in [1.82, 2.24) is 16.2 Å². The highest BCUT2D eigenvalue weighted by Crippen LogP contribution is 2.06. The lowest BCUT2D eigenvalue weighted by Gasteiger charge is -2.22. The van der Waals surface area contributed by atoms with Gasteiger partial charge >= 0.3 is 6.09 Å². The van der Waals surface area contributed by atoms with Gasteiger partial charge in [-0.15, -0.1) is 0 Å². The van der Waals surface area contributed by atoms with E-state index in [-0.39, 0.29) is 12.1 Å². The highest BCUT2D eigenvalue weighted by molar-refractivity contribution is 5.68. The van der Waals surface area contributed by atoms with Gasteiger partial charge in [-0.2, -0.15) is 0 Å². The van der Waals surface area contributed by atoms with Crippen LogP contribution in [-0.4, -0.2) is 30.8 Å². The lowest BCUT2D eigenvalue weighted by atomic mass is 10.2. The first-order chi connectivity index (χ1) is 6.85. The molecule has 0 saturated carbocycles. The molecule has 5 nitrogen and oxygen atoms in total. The van der Waals surface area contributed by atoms with Crippen LogP contribution in [0.3, 0.4) is 0 Å². The largest absolute Gasteiger partial charge is 0.444 e. The van der Waals surface area contributed by atoms with E-state index < -0.39 is 5.60 Å². The molecule has 0 heterocycles. The van der Waals surface area contributed by atoms with Crippen molar-refractivity contribution in [2.24, 2.45) is 0 Å². The molecule has 0 radical (unpaired) electrons. The maximum absolute atomic E-state index is 11.3. The minimum absolute atomic E-state index is 0.0268. The van der Waals surface area contributed by atoms with Crippen LogP contribution in [-0.2, 0) is 4.74 Å². The summed E-state index contributed by atoms with van der Waals surface area (Å²) in [6, 6.07) is 0.0268. The van der Waals surface area contributed by atoms with E-state index in [0.717, 1.165) is 6.54 Å². The Labute approximate surface area is 91.9 Å². The molecule has 1 atom stereocenters. The summed E-state index contributed by atoms with van der Waals surface area (Å²) in [6.45, 7) is 10.9. The summed E-state index contributed by atoms with van der Waals surface area (Å²) in [4.78, 5) is 11.3. The highest BCUT2D eigenvalue weighted by atomic mass is 16.6. The lowest BCUT2D eigenvalue weighted by Crippen LogP contribution is -2.45. The molecule has 0 aliphatic rings. The molecule has 3 N–H and O–H groups in total. The number of hydrogen-bond donors (Lipinski definition) is 3. The number of nitrogens with one attached hydrogen (secondary N) is 3. The van der Waals surface area contributed by atoms with Gasteiger partial charge in [0.2, 0.25) is 0 Å². The van der Waals surface area contributed by atoms with Crippen LogP contribution >= 0.6 is 0 Å². The first kappa shape index (κ1) is 14.2. The molecule has 0 saturated heterocycles. The molecular formula is C10H23N3O2. The molecule has 0 aromatic carbocycles. The van der Waals surface area contributed by atoms with E-state index in [2.05, 4.69) is 16.2 Å². The Hall–Kier alpha value is -0.810. The second-order valence-electron chi connectivity index (χ2n) is 4.46. The molecule has 90 valence electrons. The molecule has 0 aliphatic carbocycles. The topological polar surface area (TPSA) is 62.4 Å².